The van der Waals surface area contributed by atoms with Crippen molar-refractivity contribution in [1.29, 1.82) is 0 Å². The molecule has 5 atom stereocenters. The Kier molecular flexibility index (Phi) is 3.55. The summed E-state index contributed by atoms with van der Waals surface area (Å²) in [5.41, 5.74) is 0.905. The van der Waals surface area contributed by atoms with E-state index < -0.39 is 24.6 Å². The lowest BCUT2D eigenvalue weighted by molar-refractivity contribution is -0.264. The van der Waals surface area contributed by atoms with Gasteiger partial charge >= 0.3 is 0 Å². The number of hydrogen-bond acceptors (Lipinski definition) is 6. The van der Waals surface area contributed by atoms with Gasteiger partial charge in [-0.2, -0.15) is 0 Å². The number of methoxy groups -OCH3 is 1. The number of benzene rings is 1. The van der Waals surface area contributed by atoms with E-state index in [0.717, 1.165) is 5.56 Å². The van der Waals surface area contributed by atoms with Crippen molar-refractivity contribution >= 4 is 0 Å². The zero-order chi connectivity index (χ0) is 14.3. The van der Waals surface area contributed by atoms with Gasteiger partial charge < -0.3 is 29.5 Å². The molecule has 0 spiro atoms. The summed E-state index contributed by atoms with van der Waals surface area (Å²) >= 11 is 0. The minimum Gasteiger partial charge on any atom is -0.497 e. The maximum atomic E-state index is 10.2. The van der Waals surface area contributed by atoms with Gasteiger partial charge in [0.15, 0.2) is 0 Å². The molecular formula is C14H18O6. The summed E-state index contributed by atoms with van der Waals surface area (Å²) in [5.74, 6) is 1.02. The molecule has 110 valence electrons. The Hall–Kier alpha value is -1.34. The molecule has 0 amide bonds. The predicted molar refractivity (Wildman–Crippen MR) is 68.6 cm³/mol. The average molecular weight is 282 g/mol. The predicted octanol–water partition coefficient (Wildman–Crippen LogP) is -0.315. The van der Waals surface area contributed by atoms with Crippen molar-refractivity contribution in [3.05, 3.63) is 23.8 Å². The van der Waals surface area contributed by atoms with Gasteiger partial charge in [-0.25, -0.2) is 0 Å². The third kappa shape index (κ3) is 2.14. The summed E-state index contributed by atoms with van der Waals surface area (Å²) in [6.45, 7) is -0.361. The van der Waals surface area contributed by atoms with Crippen LogP contribution in [0.25, 0.3) is 0 Å². The molecule has 0 bridgehead atoms. The van der Waals surface area contributed by atoms with E-state index in [9.17, 15) is 10.2 Å². The number of hydrogen-bond donors (Lipinski definition) is 3. The Balaban J connectivity index is 1.88. The molecule has 1 aromatic carbocycles. The van der Waals surface area contributed by atoms with E-state index in [1.165, 1.54) is 0 Å². The first-order valence-corrected chi connectivity index (χ1v) is 6.60. The molecule has 20 heavy (non-hydrogen) atoms. The molecule has 0 aromatic heterocycles. The Morgan fingerprint density at radius 2 is 2.10 bits per heavy atom. The van der Waals surface area contributed by atoms with Gasteiger partial charge in [0.25, 0.3) is 0 Å². The Morgan fingerprint density at radius 3 is 2.80 bits per heavy atom. The number of aliphatic hydroxyl groups is 3. The van der Waals surface area contributed by atoms with Crippen LogP contribution >= 0.6 is 0 Å². The van der Waals surface area contributed by atoms with Crippen LogP contribution in [0.5, 0.6) is 11.5 Å². The molecule has 1 saturated heterocycles. The van der Waals surface area contributed by atoms with E-state index in [1.807, 2.05) is 6.07 Å². The molecule has 2 aliphatic heterocycles. The minimum absolute atomic E-state index is 0.361. The van der Waals surface area contributed by atoms with E-state index >= 15 is 0 Å². The van der Waals surface area contributed by atoms with Crippen LogP contribution in [0.4, 0.5) is 0 Å². The maximum absolute atomic E-state index is 10.2. The molecule has 0 aliphatic carbocycles. The van der Waals surface area contributed by atoms with Crippen LogP contribution in [-0.4, -0.2) is 53.6 Å². The second-order valence-electron chi connectivity index (χ2n) is 5.17. The largest absolute Gasteiger partial charge is 0.497 e. The first kappa shape index (κ1) is 13.6. The zero-order valence-electron chi connectivity index (χ0n) is 11.1. The highest BCUT2D eigenvalue weighted by atomic mass is 16.7. The fourth-order valence-corrected chi connectivity index (χ4v) is 2.81. The standard InChI is InChI=1S/C14H18O6/c1-18-8-2-3-10-7(4-8)5-9-12(16)13(17)11(6-15)20-14(9)19-10/h2-4,9,11-17H,5-6H2,1H3. The van der Waals surface area contributed by atoms with E-state index in [1.54, 1.807) is 19.2 Å². The van der Waals surface area contributed by atoms with Crippen molar-refractivity contribution in [3.8, 4) is 11.5 Å². The molecule has 2 aliphatic rings. The van der Waals surface area contributed by atoms with Crippen LogP contribution in [-0.2, 0) is 11.2 Å². The zero-order valence-corrected chi connectivity index (χ0v) is 11.1. The van der Waals surface area contributed by atoms with Crippen LogP contribution in [0.1, 0.15) is 5.56 Å². The molecule has 5 unspecified atom stereocenters. The lowest BCUT2D eigenvalue weighted by atomic mass is 9.84. The van der Waals surface area contributed by atoms with Crippen LogP contribution in [0, 0.1) is 5.92 Å². The summed E-state index contributed by atoms with van der Waals surface area (Å²) in [4.78, 5) is 0. The molecule has 3 N–H and O–H groups in total. The summed E-state index contributed by atoms with van der Waals surface area (Å²) in [6.07, 6.45) is -3.08. The molecule has 0 saturated carbocycles. The Labute approximate surface area is 116 Å². The first-order valence-electron chi connectivity index (χ1n) is 6.60. The van der Waals surface area contributed by atoms with Crippen molar-refractivity contribution in [2.75, 3.05) is 13.7 Å². The molecule has 6 heteroatoms. The van der Waals surface area contributed by atoms with Gasteiger partial charge in [-0.1, -0.05) is 0 Å². The highest BCUT2D eigenvalue weighted by Gasteiger charge is 2.47. The normalized spacial score (nSPS) is 35.7. The highest BCUT2D eigenvalue weighted by Crippen LogP contribution is 2.39. The van der Waals surface area contributed by atoms with E-state index in [2.05, 4.69) is 0 Å². The number of aliphatic hydroxyl groups excluding tert-OH is 3. The van der Waals surface area contributed by atoms with Crippen molar-refractivity contribution in [2.24, 2.45) is 5.92 Å². The lowest BCUT2D eigenvalue weighted by Crippen LogP contribution is -2.58. The summed E-state index contributed by atoms with van der Waals surface area (Å²) in [5, 5.41) is 29.2. The fraction of sp³-hybridized carbons (Fsp3) is 0.571. The fourth-order valence-electron chi connectivity index (χ4n) is 2.81. The molecule has 0 radical (unpaired) electrons. The van der Waals surface area contributed by atoms with Crippen LogP contribution < -0.4 is 9.47 Å². The second kappa shape index (κ2) is 5.21. The Bertz CT molecular complexity index is 491. The molecule has 1 aromatic rings. The third-order valence-electron chi connectivity index (χ3n) is 3.97. The van der Waals surface area contributed by atoms with Crippen molar-refractivity contribution in [1.82, 2.24) is 0 Å². The van der Waals surface area contributed by atoms with Gasteiger partial charge in [0.2, 0.25) is 6.29 Å². The Morgan fingerprint density at radius 1 is 1.30 bits per heavy atom. The lowest BCUT2D eigenvalue weighted by Gasteiger charge is -2.44. The first-order chi connectivity index (χ1) is 9.63. The smallest absolute Gasteiger partial charge is 0.206 e. The van der Waals surface area contributed by atoms with Gasteiger partial charge in [0.05, 0.1) is 25.7 Å². The SMILES string of the molecule is COc1ccc2c(c1)CC1C(O2)OC(CO)C(O)C1O. The third-order valence-corrected chi connectivity index (χ3v) is 3.97. The van der Waals surface area contributed by atoms with E-state index in [-0.39, 0.29) is 12.5 Å². The van der Waals surface area contributed by atoms with Gasteiger partial charge in [-0.05, 0) is 30.2 Å². The topological polar surface area (TPSA) is 88.4 Å². The number of rotatable bonds is 2. The van der Waals surface area contributed by atoms with Crippen molar-refractivity contribution in [2.45, 2.75) is 31.0 Å². The molecule has 2 heterocycles. The summed E-state index contributed by atoms with van der Waals surface area (Å²) < 4.78 is 16.4. The monoisotopic (exact) mass is 282 g/mol. The van der Waals surface area contributed by atoms with Gasteiger partial charge in [-0.3, -0.25) is 0 Å². The van der Waals surface area contributed by atoms with Gasteiger partial charge in [-0.15, -0.1) is 0 Å². The maximum Gasteiger partial charge on any atom is 0.206 e. The van der Waals surface area contributed by atoms with Crippen LogP contribution in [0.2, 0.25) is 0 Å². The highest BCUT2D eigenvalue weighted by molar-refractivity contribution is 5.42. The van der Waals surface area contributed by atoms with Gasteiger partial charge in [0.1, 0.15) is 23.7 Å². The average Bonchev–Trinajstić information content (AvgIpc) is 2.48. The number of fused-ring (bicyclic) bond motifs is 2. The van der Waals surface area contributed by atoms with Crippen LogP contribution in [0.3, 0.4) is 0 Å². The second-order valence-corrected chi connectivity index (χ2v) is 5.17. The quantitative estimate of drug-likeness (QED) is 0.689. The molecule has 6 nitrogen and oxygen atoms in total. The number of ether oxygens (including phenoxy) is 3. The van der Waals surface area contributed by atoms with Gasteiger partial charge in [0, 0.05) is 0 Å². The van der Waals surface area contributed by atoms with Crippen LogP contribution in [0.15, 0.2) is 18.2 Å². The molecular weight excluding hydrogens is 264 g/mol. The summed E-state index contributed by atoms with van der Waals surface area (Å²) in [6, 6.07) is 5.43. The van der Waals surface area contributed by atoms with E-state index in [4.69, 9.17) is 19.3 Å². The minimum atomic E-state index is -1.11. The van der Waals surface area contributed by atoms with E-state index in [0.29, 0.717) is 17.9 Å². The molecule has 1 fully saturated rings. The molecule has 3 rings (SSSR count). The van der Waals surface area contributed by atoms with Crippen molar-refractivity contribution in [3.63, 3.8) is 0 Å². The summed E-state index contributed by atoms with van der Waals surface area (Å²) in [7, 11) is 1.59. The van der Waals surface area contributed by atoms with Crippen molar-refractivity contribution < 1.29 is 29.5 Å².